The first-order chi connectivity index (χ1) is 31.7. The van der Waals surface area contributed by atoms with Crippen molar-refractivity contribution in [1.82, 2.24) is 13.7 Å². The zero-order chi connectivity index (χ0) is 42.5. The average molecular weight is 816 g/mol. The molecule has 0 amide bonds. The molecule has 3 aromatic heterocycles. The fourth-order valence-corrected chi connectivity index (χ4v) is 10.9. The fraction of sp³-hybridized carbons (Fsp3) is 0.0164. The third-order valence-corrected chi connectivity index (χ3v) is 13.6. The van der Waals surface area contributed by atoms with Gasteiger partial charge in [0, 0.05) is 49.3 Å². The van der Waals surface area contributed by atoms with Gasteiger partial charge in [-0.2, -0.15) is 0 Å². The smallest absolute Gasteiger partial charge is 0.0542 e. The number of aromatic nitrogens is 3. The second kappa shape index (κ2) is 14.1. The Morgan fingerprint density at radius 1 is 0.359 bits per heavy atom. The van der Waals surface area contributed by atoms with Crippen LogP contribution in [0.2, 0.25) is 0 Å². The zero-order valence-electron chi connectivity index (χ0n) is 35.3. The van der Waals surface area contributed by atoms with E-state index in [1.165, 1.54) is 82.2 Å². The summed E-state index contributed by atoms with van der Waals surface area (Å²) < 4.78 is 7.31. The van der Waals surface area contributed by atoms with E-state index in [-0.39, 0.29) is 0 Å². The van der Waals surface area contributed by atoms with Crippen molar-refractivity contribution in [2.45, 2.75) is 6.92 Å². The molecule has 13 rings (SSSR count). The molecule has 0 saturated carbocycles. The van der Waals surface area contributed by atoms with E-state index in [1.807, 2.05) is 0 Å². The van der Waals surface area contributed by atoms with Gasteiger partial charge in [-0.1, -0.05) is 164 Å². The maximum atomic E-state index is 4.60. The fourth-order valence-electron chi connectivity index (χ4n) is 10.9. The summed E-state index contributed by atoms with van der Waals surface area (Å²) in [5.41, 5.74) is 19.8. The first-order valence-corrected chi connectivity index (χ1v) is 22.1. The van der Waals surface area contributed by atoms with Gasteiger partial charge in [0.15, 0.2) is 0 Å². The van der Waals surface area contributed by atoms with E-state index in [4.69, 9.17) is 0 Å². The lowest BCUT2D eigenvalue weighted by Gasteiger charge is -2.27. The Hall–Kier alpha value is -8.40. The number of rotatable bonds is 5. The number of benzene rings is 9. The molecule has 0 N–H and O–H groups in total. The van der Waals surface area contributed by atoms with Gasteiger partial charge in [-0.25, -0.2) is 0 Å². The van der Waals surface area contributed by atoms with Crippen LogP contribution < -0.4 is 0 Å². The third kappa shape index (κ3) is 5.10. The van der Waals surface area contributed by atoms with Gasteiger partial charge in [0.05, 0.1) is 38.8 Å². The summed E-state index contributed by atoms with van der Waals surface area (Å²) in [6.07, 6.45) is 4.37. The molecule has 9 aromatic carbocycles. The molecule has 64 heavy (non-hydrogen) atoms. The van der Waals surface area contributed by atoms with Crippen LogP contribution in [0.1, 0.15) is 18.1 Å². The molecule has 1 aliphatic carbocycles. The quantitative estimate of drug-likeness (QED) is 0.164. The van der Waals surface area contributed by atoms with Crippen molar-refractivity contribution in [2.24, 2.45) is 0 Å². The van der Waals surface area contributed by atoms with E-state index in [2.05, 4.69) is 246 Å². The molecular weight excluding hydrogens is 775 g/mol. The van der Waals surface area contributed by atoms with Crippen molar-refractivity contribution in [3.63, 3.8) is 0 Å². The van der Waals surface area contributed by atoms with Crippen molar-refractivity contribution in [2.75, 3.05) is 0 Å². The van der Waals surface area contributed by atoms with Crippen molar-refractivity contribution < 1.29 is 0 Å². The Morgan fingerprint density at radius 3 is 1.27 bits per heavy atom. The lowest BCUT2D eigenvalue weighted by atomic mass is 9.79. The predicted octanol–water partition coefficient (Wildman–Crippen LogP) is 16.3. The lowest BCUT2D eigenvalue weighted by molar-refractivity contribution is 1.18. The van der Waals surface area contributed by atoms with Crippen LogP contribution >= 0.6 is 0 Å². The summed E-state index contributed by atoms with van der Waals surface area (Å²) in [4.78, 5) is 0. The van der Waals surface area contributed by atoms with Crippen molar-refractivity contribution in [1.29, 1.82) is 0 Å². The maximum Gasteiger partial charge on any atom is 0.0542 e. The number of hydrogen-bond donors (Lipinski definition) is 0. The van der Waals surface area contributed by atoms with E-state index in [1.54, 1.807) is 0 Å². The van der Waals surface area contributed by atoms with Crippen LogP contribution in [0.15, 0.2) is 225 Å². The Bertz CT molecular complexity index is 3880. The van der Waals surface area contributed by atoms with Crippen molar-refractivity contribution >= 4 is 82.3 Å². The zero-order valence-corrected chi connectivity index (χ0v) is 35.3. The summed E-state index contributed by atoms with van der Waals surface area (Å²) in [5.74, 6) is 0. The molecule has 3 heterocycles. The minimum atomic E-state index is 1.09. The Labute approximate surface area is 371 Å². The highest BCUT2D eigenvalue weighted by Gasteiger charge is 2.28. The van der Waals surface area contributed by atoms with E-state index < -0.39 is 0 Å². The highest BCUT2D eigenvalue weighted by molar-refractivity contribution is 6.22. The summed E-state index contributed by atoms with van der Waals surface area (Å²) >= 11 is 0. The van der Waals surface area contributed by atoms with Crippen molar-refractivity contribution in [3.05, 3.63) is 236 Å². The van der Waals surface area contributed by atoms with Gasteiger partial charge >= 0.3 is 0 Å². The summed E-state index contributed by atoms with van der Waals surface area (Å²) in [7, 11) is 0. The molecule has 3 heteroatoms. The largest absolute Gasteiger partial charge is 0.309 e. The van der Waals surface area contributed by atoms with Crippen LogP contribution in [-0.2, 0) is 0 Å². The summed E-state index contributed by atoms with van der Waals surface area (Å²) in [5, 5.41) is 7.43. The molecule has 0 saturated heterocycles. The van der Waals surface area contributed by atoms with Gasteiger partial charge in [0.1, 0.15) is 0 Å². The molecular formula is C61H41N3. The number of nitrogens with zero attached hydrogens (tertiary/aromatic N) is 3. The molecule has 0 radical (unpaired) electrons. The van der Waals surface area contributed by atoms with E-state index >= 15 is 0 Å². The minimum Gasteiger partial charge on any atom is -0.309 e. The Balaban J connectivity index is 1.09. The Morgan fingerprint density at radius 2 is 0.750 bits per heavy atom. The predicted molar refractivity (Wildman–Crippen MR) is 272 cm³/mol. The van der Waals surface area contributed by atoms with Gasteiger partial charge in [0.2, 0.25) is 0 Å². The number of para-hydroxylation sites is 5. The highest BCUT2D eigenvalue weighted by Crippen LogP contribution is 2.50. The minimum absolute atomic E-state index is 1.09. The van der Waals surface area contributed by atoms with Gasteiger partial charge in [-0.15, -0.1) is 0 Å². The van der Waals surface area contributed by atoms with Crippen LogP contribution in [-0.4, -0.2) is 13.7 Å². The molecule has 300 valence electrons. The highest BCUT2D eigenvalue weighted by atomic mass is 15.0. The molecule has 0 aliphatic heterocycles. The average Bonchev–Trinajstić information content (AvgIpc) is 3.99. The summed E-state index contributed by atoms with van der Waals surface area (Å²) in [6, 6.07) is 75.7. The molecule has 3 nitrogen and oxygen atoms in total. The van der Waals surface area contributed by atoms with Gasteiger partial charge in [0.25, 0.3) is 0 Å². The van der Waals surface area contributed by atoms with E-state index in [0.29, 0.717) is 0 Å². The monoisotopic (exact) mass is 815 g/mol. The molecule has 0 bridgehead atoms. The molecule has 1 aliphatic rings. The molecule has 12 aromatic rings. The maximum absolute atomic E-state index is 4.60. The SMILES string of the molecule is C=C/C1=C(\C(=C/C)n2c3ccccc3c3cc(-n4c5ccccc5c5ccccc54)ccc32)c2ccccc2-c2ccccc2-c2cc(-n3c4ccccc4c4ccccc43)ccc21. The number of allylic oxidation sites excluding steroid dienone is 5. The van der Waals surface area contributed by atoms with Gasteiger partial charge in [-0.3, -0.25) is 0 Å². The Kier molecular flexibility index (Phi) is 7.97. The van der Waals surface area contributed by atoms with Crippen molar-refractivity contribution in [3.8, 4) is 33.6 Å². The first kappa shape index (κ1) is 36.3. The van der Waals surface area contributed by atoms with Crippen LogP contribution in [0, 0.1) is 0 Å². The van der Waals surface area contributed by atoms with E-state index in [0.717, 1.165) is 44.8 Å². The van der Waals surface area contributed by atoms with E-state index in [9.17, 15) is 0 Å². The van der Waals surface area contributed by atoms with Crippen LogP contribution in [0.4, 0.5) is 0 Å². The molecule has 0 unspecified atom stereocenters. The van der Waals surface area contributed by atoms with Crippen LogP contribution in [0.3, 0.4) is 0 Å². The number of fused-ring (bicyclic) bond motifs is 14. The first-order valence-electron chi connectivity index (χ1n) is 22.1. The second-order valence-corrected chi connectivity index (χ2v) is 16.8. The molecule has 0 spiro atoms. The second-order valence-electron chi connectivity index (χ2n) is 16.8. The topological polar surface area (TPSA) is 14.8 Å². The normalized spacial score (nSPS) is 14.0. The van der Waals surface area contributed by atoms with Gasteiger partial charge in [-0.05, 0) is 107 Å². The standard InChI is InChI=1S/C61H41N3/c1-3-41-45-35-33-39(62-55-28-14-9-22-46(55)47-23-10-15-29-56(47)62)37-52(45)44-21-6-5-19-42(44)43-20-7-8-27-51(43)61(41)54(4-2)64-59-32-18-13-26-50(59)53-38-40(34-36-60(53)64)63-57-30-16-11-24-48(57)49-25-12-17-31-58(49)63/h3-38H,1H2,2H3/b43-42?,45-41?,52-44?,54-4+,61-41+,61-51?. The molecule has 0 atom stereocenters. The van der Waals surface area contributed by atoms with Crippen LogP contribution in [0.25, 0.3) is 116 Å². The third-order valence-electron chi connectivity index (χ3n) is 13.6. The van der Waals surface area contributed by atoms with Crippen LogP contribution in [0.5, 0.6) is 0 Å². The molecule has 0 fully saturated rings. The number of hydrogen-bond acceptors (Lipinski definition) is 0. The summed E-state index contributed by atoms with van der Waals surface area (Å²) in [6.45, 7) is 6.78. The van der Waals surface area contributed by atoms with Gasteiger partial charge < -0.3 is 13.7 Å². The lowest BCUT2D eigenvalue weighted by Crippen LogP contribution is -2.07.